The summed E-state index contributed by atoms with van der Waals surface area (Å²) in [6.45, 7) is 2.15. The number of carbonyl (C=O) groups is 2. The Balaban J connectivity index is 2.10. The van der Waals surface area contributed by atoms with Crippen LogP contribution in [0.1, 0.15) is 49.4 Å². The van der Waals surface area contributed by atoms with Crippen molar-refractivity contribution in [2.24, 2.45) is 11.8 Å². The Kier molecular flexibility index (Phi) is 4.24. The highest BCUT2D eigenvalue weighted by Crippen LogP contribution is 2.31. The van der Waals surface area contributed by atoms with Gasteiger partial charge in [0.2, 0.25) is 0 Å². The van der Waals surface area contributed by atoms with Crippen molar-refractivity contribution in [1.82, 2.24) is 4.98 Å². The van der Waals surface area contributed by atoms with Crippen molar-refractivity contribution in [3.8, 4) is 0 Å². The normalized spacial score (nSPS) is 23.9. The summed E-state index contributed by atoms with van der Waals surface area (Å²) in [6, 6.07) is 3.48. The summed E-state index contributed by atoms with van der Waals surface area (Å²) >= 11 is 0. The van der Waals surface area contributed by atoms with Gasteiger partial charge in [-0.3, -0.25) is 14.6 Å². The molecule has 1 aliphatic carbocycles. The monoisotopic (exact) mass is 245 g/mol. The molecule has 18 heavy (non-hydrogen) atoms. The molecule has 0 bridgehead atoms. The fraction of sp³-hybridized carbons (Fsp3) is 0.533. The summed E-state index contributed by atoms with van der Waals surface area (Å²) < 4.78 is 0. The van der Waals surface area contributed by atoms with Crippen LogP contribution in [0, 0.1) is 11.8 Å². The Bertz CT molecular complexity index is 427. The van der Waals surface area contributed by atoms with Crippen LogP contribution in [0.4, 0.5) is 0 Å². The van der Waals surface area contributed by atoms with Gasteiger partial charge in [-0.25, -0.2) is 0 Å². The first-order valence-electron chi connectivity index (χ1n) is 6.69. The van der Waals surface area contributed by atoms with E-state index in [1.807, 2.05) is 0 Å². The molecule has 1 fully saturated rings. The number of nitrogens with zero attached hydrogens (tertiary/aromatic N) is 1. The zero-order valence-electron chi connectivity index (χ0n) is 10.8. The third-order valence-electron chi connectivity index (χ3n) is 3.72. The molecule has 1 aromatic heterocycles. The molecular weight excluding hydrogens is 226 g/mol. The van der Waals surface area contributed by atoms with Gasteiger partial charge < -0.3 is 0 Å². The van der Waals surface area contributed by atoms with Gasteiger partial charge in [-0.2, -0.15) is 0 Å². The molecule has 1 saturated carbocycles. The maximum atomic E-state index is 12.3. The van der Waals surface area contributed by atoms with Crippen molar-refractivity contribution in [2.45, 2.75) is 39.0 Å². The molecule has 0 amide bonds. The molecule has 1 aromatic rings. The van der Waals surface area contributed by atoms with Gasteiger partial charge >= 0.3 is 0 Å². The quantitative estimate of drug-likeness (QED) is 0.605. The van der Waals surface area contributed by atoms with E-state index in [1.54, 1.807) is 24.5 Å². The fourth-order valence-electron chi connectivity index (χ4n) is 2.74. The van der Waals surface area contributed by atoms with Crippen molar-refractivity contribution in [2.75, 3.05) is 0 Å². The molecule has 2 rings (SSSR count). The summed E-state index contributed by atoms with van der Waals surface area (Å²) in [5, 5.41) is 0. The van der Waals surface area contributed by atoms with Crippen molar-refractivity contribution in [1.29, 1.82) is 0 Å². The van der Waals surface area contributed by atoms with Crippen LogP contribution in [0.15, 0.2) is 24.5 Å². The zero-order valence-corrected chi connectivity index (χ0v) is 10.8. The number of carbonyl (C=O) groups excluding carboxylic acids is 2. The van der Waals surface area contributed by atoms with Crippen LogP contribution < -0.4 is 0 Å². The van der Waals surface area contributed by atoms with E-state index in [9.17, 15) is 9.59 Å². The highest BCUT2D eigenvalue weighted by atomic mass is 16.1. The number of rotatable bonds is 4. The summed E-state index contributed by atoms with van der Waals surface area (Å²) in [4.78, 5) is 28.2. The topological polar surface area (TPSA) is 47.0 Å². The minimum atomic E-state index is -0.431. The van der Waals surface area contributed by atoms with E-state index in [1.165, 1.54) is 0 Å². The van der Waals surface area contributed by atoms with Crippen molar-refractivity contribution in [3.63, 3.8) is 0 Å². The van der Waals surface area contributed by atoms with E-state index >= 15 is 0 Å². The van der Waals surface area contributed by atoms with E-state index in [4.69, 9.17) is 0 Å². The molecule has 2 atom stereocenters. The molecule has 96 valence electrons. The van der Waals surface area contributed by atoms with Crippen molar-refractivity contribution in [3.05, 3.63) is 30.1 Å². The number of hydrogen-bond acceptors (Lipinski definition) is 3. The first-order valence-corrected chi connectivity index (χ1v) is 6.69. The zero-order chi connectivity index (χ0) is 13.0. The molecule has 3 nitrogen and oxygen atoms in total. The van der Waals surface area contributed by atoms with Gasteiger partial charge in [0.05, 0.1) is 5.92 Å². The SMILES string of the molecule is CCCC1CCC(=O)C(C(=O)c2cccnc2)C1. The lowest BCUT2D eigenvalue weighted by Crippen LogP contribution is -2.31. The summed E-state index contributed by atoms with van der Waals surface area (Å²) in [5.74, 6) is 0.155. The molecule has 1 heterocycles. The van der Waals surface area contributed by atoms with Crippen LogP contribution in [0.2, 0.25) is 0 Å². The predicted molar refractivity (Wildman–Crippen MR) is 69.3 cm³/mol. The van der Waals surface area contributed by atoms with E-state index in [-0.39, 0.29) is 11.6 Å². The molecule has 0 saturated heterocycles. The van der Waals surface area contributed by atoms with E-state index in [2.05, 4.69) is 11.9 Å². The molecule has 0 spiro atoms. The van der Waals surface area contributed by atoms with E-state index in [0.717, 1.165) is 25.7 Å². The van der Waals surface area contributed by atoms with Crippen LogP contribution in [0.5, 0.6) is 0 Å². The van der Waals surface area contributed by atoms with Gasteiger partial charge in [-0.1, -0.05) is 19.8 Å². The van der Waals surface area contributed by atoms with Crippen molar-refractivity contribution < 1.29 is 9.59 Å². The molecule has 1 aliphatic rings. The molecular formula is C15H19NO2. The lowest BCUT2D eigenvalue weighted by molar-refractivity contribution is -0.124. The second-order valence-electron chi connectivity index (χ2n) is 5.05. The number of pyridine rings is 1. The van der Waals surface area contributed by atoms with Gasteiger partial charge in [0.1, 0.15) is 5.78 Å². The number of hydrogen-bond donors (Lipinski definition) is 0. The number of aromatic nitrogens is 1. The predicted octanol–water partition coefficient (Wildman–Crippen LogP) is 3.05. The minimum Gasteiger partial charge on any atom is -0.299 e. The fourth-order valence-corrected chi connectivity index (χ4v) is 2.74. The van der Waals surface area contributed by atoms with Gasteiger partial charge in [0.25, 0.3) is 0 Å². The second kappa shape index (κ2) is 5.89. The average Bonchev–Trinajstić information content (AvgIpc) is 2.41. The second-order valence-corrected chi connectivity index (χ2v) is 5.05. The minimum absolute atomic E-state index is 0.0473. The highest BCUT2D eigenvalue weighted by molar-refractivity contribution is 6.10. The summed E-state index contributed by atoms with van der Waals surface area (Å²) in [7, 11) is 0. The van der Waals surface area contributed by atoms with Crippen LogP contribution in [0.25, 0.3) is 0 Å². The van der Waals surface area contributed by atoms with Crippen LogP contribution in [-0.2, 0) is 4.79 Å². The lowest BCUT2D eigenvalue weighted by Gasteiger charge is -2.26. The van der Waals surface area contributed by atoms with E-state index in [0.29, 0.717) is 17.9 Å². The Labute approximate surface area is 108 Å². The van der Waals surface area contributed by atoms with Gasteiger partial charge in [-0.05, 0) is 30.9 Å². The van der Waals surface area contributed by atoms with E-state index < -0.39 is 5.92 Å². The third kappa shape index (κ3) is 2.84. The molecule has 2 unspecified atom stereocenters. The third-order valence-corrected chi connectivity index (χ3v) is 3.72. The van der Waals surface area contributed by atoms with Gasteiger partial charge in [0, 0.05) is 24.4 Å². The number of ketones is 2. The van der Waals surface area contributed by atoms with Crippen LogP contribution >= 0.6 is 0 Å². The first-order chi connectivity index (χ1) is 8.72. The van der Waals surface area contributed by atoms with Crippen LogP contribution in [0.3, 0.4) is 0 Å². The van der Waals surface area contributed by atoms with Crippen LogP contribution in [-0.4, -0.2) is 16.6 Å². The van der Waals surface area contributed by atoms with Gasteiger partial charge in [-0.15, -0.1) is 0 Å². The Hall–Kier alpha value is -1.51. The maximum Gasteiger partial charge on any atom is 0.174 e. The number of Topliss-reactive ketones (excluding diaryl/α,β-unsaturated/α-hetero) is 2. The molecule has 0 radical (unpaired) electrons. The smallest absolute Gasteiger partial charge is 0.174 e. The van der Waals surface area contributed by atoms with Gasteiger partial charge in [0.15, 0.2) is 5.78 Å². The highest BCUT2D eigenvalue weighted by Gasteiger charge is 2.33. The molecule has 0 aromatic carbocycles. The standard InChI is InChI=1S/C15H19NO2/c1-2-4-11-6-7-14(17)13(9-11)15(18)12-5-3-8-16-10-12/h3,5,8,10-11,13H,2,4,6-7,9H2,1H3. The Morgan fingerprint density at radius 2 is 2.33 bits per heavy atom. The lowest BCUT2D eigenvalue weighted by atomic mass is 9.76. The largest absolute Gasteiger partial charge is 0.299 e. The Morgan fingerprint density at radius 3 is 3.00 bits per heavy atom. The van der Waals surface area contributed by atoms with Crippen molar-refractivity contribution >= 4 is 11.6 Å². The molecule has 3 heteroatoms. The summed E-state index contributed by atoms with van der Waals surface area (Å²) in [6.07, 6.45) is 7.65. The first kappa shape index (κ1) is 12.9. The summed E-state index contributed by atoms with van der Waals surface area (Å²) in [5.41, 5.74) is 0.563. The maximum absolute atomic E-state index is 12.3. The molecule has 0 aliphatic heterocycles. The average molecular weight is 245 g/mol. The molecule has 0 N–H and O–H groups in total. The Morgan fingerprint density at radius 1 is 1.50 bits per heavy atom.